The molecule has 1 fully saturated rings. The Morgan fingerprint density at radius 2 is 1.94 bits per heavy atom. The number of hydrogen-bond acceptors (Lipinski definition) is 1. The Morgan fingerprint density at radius 1 is 1.28 bits per heavy atom. The molecule has 2 unspecified atom stereocenters. The second-order valence-electron chi connectivity index (χ2n) is 5.33. The molecule has 1 nitrogen and oxygen atoms in total. The lowest BCUT2D eigenvalue weighted by molar-refractivity contribution is 0.340. The predicted octanol–water partition coefficient (Wildman–Crippen LogP) is 3.97. The van der Waals surface area contributed by atoms with Crippen LogP contribution < -0.4 is 5.32 Å². The van der Waals surface area contributed by atoms with Crippen molar-refractivity contribution in [2.75, 3.05) is 6.54 Å². The molecule has 0 amide bonds. The van der Waals surface area contributed by atoms with E-state index in [1.165, 1.54) is 12.8 Å². The van der Waals surface area contributed by atoms with Crippen LogP contribution in [0.15, 0.2) is 12.1 Å². The first kappa shape index (κ1) is 13.5. The summed E-state index contributed by atoms with van der Waals surface area (Å²) < 4.78 is 27.7. The van der Waals surface area contributed by atoms with Gasteiger partial charge in [0.2, 0.25) is 0 Å². The smallest absolute Gasteiger partial charge is 0.163 e. The van der Waals surface area contributed by atoms with Crippen molar-refractivity contribution in [3.8, 4) is 0 Å². The van der Waals surface area contributed by atoms with Crippen LogP contribution in [0.2, 0.25) is 0 Å². The molecule has 3 heteroatoms. The van der Waals surface area contributed by atoms with Gasteiger partial charge >= 0.3 is 0 Å². The lowest BCUT2D eigenvalue weighted by Crippen LogP contribution is -2.29. The highest BCUT2D eigenvalue weighted by atomic mass is 19.2. The number of aryl methyl sites for hydroxylation is 1. The van der Waals surface area contributed by atoms with Gasteiger partial charge in [-0.1, -0.05) is 26.0 Å². The molecule has 1 aliphatic carbocycles. The topological polar surface area (TPSA) is 12.0 Å². The molecule has 0 saturated heterocycles. The Morgan fingerprint density at radius 3 is 2.50 bits per heavy atom. The van der Waals surface area contributed by atoms with Gasteiger partial charge in [-0.3, -0.25) is 0 Å². The van der Waals surface area contributed by atoms with Gasteiger partial charge in [0.1, 0.15) is 0 Å². The highest BCUT2D eigenvalue weighted by molar-refractivity contribution is 5.28. The Balaban J connectivity index is 2.32. The maximum Gasteiger partial charge on any atom is 0.163 e. The first-order valence-corrected chi connectivity index (χ1v) is 6.74. The maximum atomic E-state index is 14.1. The average molecular weight is 253 g/mol. The Kier molecular flexibility index (Phi) is 4.00. The average Bonchev–Trinajstić information content (AvgIpc) is 3.17. The maximum absolute atomic E-state index is 14.1. The van der Waals surface area contributed by atoms with Crippen LogP contribution >= 0.6 is 0 Å². The number of halogens is 2. The molecule has 1 saturated carbocycles. The number of rotatable bonds is 5. The first-order chi connectivity index (χ1) is 8.56. The van der Waals surface area contributed by atoms with Gasteiger partial charge in [-0.2, -0.15) is 0 Å². The SMILES string of the molecule is CCNC(c1ccc(C)c(F)c1F)C(C)C1CC1. The quantitative estimate of drug-likeness (QED) is 0.837. The molecule has 0 aromatic heterocycles. The fourth-order valence-corrected chi connectivity index (χ4v) is 2.59. The highest BCUT2D eigenvalue weighted by Gasteiger charge is 2.35. The molecule has 18 heavy (non-hydrogen) atoms. The molecule has 1 aromatic carbocycles. The third-order valence-corrected chi connectivity index (χ3v) is 3.96. The van der Waals surface area contributed by atoms with Crippen LogP contribution in [0.4, 0.5) is 8.78 Å². The van der Waals surface area contributed by atoms with Crippen LogP contribution in [-0.4, -0.2) is 6.54 Å². The lowest BCUT2D eigenvalue weighted by Gasteiger charge is -2.26. The summed E-state index contributed by atoms with van der Waals surface area (Å²) >= 11 is 0. The monoisotopic (exact) mass is 253 g/mol. The lowest BCUT2D eigenvalue weighted by atomic mass is 9.89. The minimum absolute atomic E-state index is 0.0856. The summed E-state index contributed by atoms with van der Waals surface area (Å²) in [6.07, 6.45) is 2.41. The molecular formula is C15H21F2N. The third kappa shape index (κ3) is 2.56. The van der Waals surface area contributed by atoms with E-state index in [0.29, 0.717) is 23.0 Å². The fraction of sp³-hybridized carbons (Fsp3) is 0.600. The van der Waals surface area contributed by atoms with Crippen molar-refractivity contribution in [2.24, 2.45) is 11.8 Å². The Hall–Kier alpha value is -0.960. The summed E-state index contributed by atoms with van der Waals surface area (Å²) in [7, 11) is 0. The zero-order valence-electron chi connectivity index (χ0n) is 11.3. The molecule has 1 aromatic rings. The number of nitrogens with one attached hydrogen (secondary N) is 1. The second-order valence-corrected chi connectivity index (χ2v) is 5.33. The zero-order valence-corrected chi connectivity index (χ0v) is 11.3. The van der Waals surface area contributed by atoms with Gasteiger partial charge in [0.25, 0.3) is 0 Å². The second kappa shape index (κ2) is 5.35. The van der Waals surface area contributed by atoms with Crippen molar-refractivity contribution in [3.63, 3.8) is 0 Å². The van der Waals surface area contributed by atoms with Gasteiger partial charge < -0.3 is 5.32 Å². The van der Waals surface area contributed by atoms with E-state index in [0.717, 1.165) is 6.54 Å². The molecule has 0 spiro atoms. The predicted molar refractivity (Wildman–Crippen MR) is 69.4 cm³/mol. The normalized spacial score (nSPS) is 18.7. The van der Waals surface area contributed by atoms with E-state index < -0.39 is 11.6 Å². The van der Waals surface area contributed by atoms with E-state index in [2.05, 4.69) is 12.2 Å². The minimum Gasteiger partial charge on any atom is -0.310 e. The third-order valence-electron chi connectivity index (χ3n) is 3.96. The minimum atomic E-state index is -0.710. The summed E-state index contributed by atoms with van der Waals surface area (Å²) in [5.74, 6) is -0.397. The van der Waals surface area contributed by atoms with Crippen molar-refractivity contribution in [1.82, 2.24) is 5.32 Å². The summed E-state index contributed by atoms with van der Waals surface area (Å²) in [5, 5.41) is 3.30. The Bertz CT molecular complexity index is 427. The van der Waals surface area contributed by atoms with Gasteiger partial charge in [-0.15, -0.1) is 0 Å². The van der Waals surface area contributed by atoms with Crippen LogP contribution in [0, 0.1) is 30.4 Å². The van der Waals surface area contributed by atoms with Crippen molar-refractivity contribution in [1.29, 1.82) is 0 Å². The fourth-order valence-electron chi connectivity index (χ4n) is 2.59. The first-order valence-electron chi connectivity index (χ1n) is 6.74. The van der Waals surface area contributed by atoms with Gasteiger partial charge in [-0.05, 0) is 43.7 Å². The highest BCUT2D eigenvalue weighted by Crippen LogP contribution is 2.43. The standard InChI is InChI=1S/C15H21F2N/c1-4-18-15(10(3)11-6-7-11)12-8-5-9(2)13(16)14(12)17/h5,8,10-11,15,18H,4,6-7H2,1-3H3. The van der Waals surface area contributed by atoms with Crippen LogP contribution in [0.3, 0.4) is 0 Å². The molecule has 2 rings (SSSR count). The van der Waals surface area contributed by atoms with Gasteiger partial charge in [0, 0.05) is 11.6 Å². The summed E-state index contributed by atoms with van der Waals surface area (Å²) in [6.45, 7) is 6.47. The Labute approximate surface area is 108 Å². The van der Waals surface area contributed by atoms with E-state index in [9.17, 15) is 8.78 Å². The van der Waals surface area contributed by atoms with Crippen molar-refractivity contribution in [2.45, 2.75) is 39.7 Å². The molecule has 0 heterocycles. The largest absolute Gasteiger partial charge is 0.310 e. The molecule has 1 aliphatic rings. The van der Waals surface area contributed by atoms with E-state index >= 15 is 0 Å². The molecule has 0 radical (unpaired) electrons. The molecule has 2 atom stereocenters. The molecule has 0 aliphatic heterocycles. The molecule has 0 bridgehead atoms. The summed E-state index contributed by atoms with van der Waals surface area (Å²) in [5.41, 5.74) is 0.838. The van der Waals surface area contributed by atoms with Crippen LogP contribution in [-0.2, 0) is 0 Å². The molecule has 100 valence electrons. The van der Waals surface area contributed by atoms with Gasteiger partial charge in [0.05, 0.1) is 0 Å². The number of hydrogen-bond donors (Lipinski definition) is 1. The van der Waals surface area contributed by atoms with Gasteiger partial charge in [-0.25, -0.2) is 8.78 Å². The number of benzene rings is 1. The zero-order chi connectivity index (χ0) is 13.3. The molecule has 1 N–H and O–H groups in total. The van der Waals surface area contributed by atoms with Crippen LogP contribution in [0.5, 0.6) is 0 Å². The van der Waals surface area contributed by atoms with Crippen molar-refractivity contribution in [3.05, 3.63) is 34.9 Å². The molecular weight excluding hydrogens is 232 g/mol. The van der Waals surface area contributed by atoms with E-state index in [1.54, 1.807) is 19.1 Å². The van der Waals surface area contributed by atoms with Crippen molar-refractivity contribution < 1.29 is 8.78 Å². The van der Waals surface area contributed by atoms with Crippen molar-refractivity contribution >= 4 is 0 Å². The van der Waals surface area contributed by atoms with Crippen LogP contribution in [0.1, 0.15) is 43.9 Å². The summed E-state index contributed by atoms with van der Waals surface area (Å²) in [4.78, 5) is 0. The summed E-state index contributed by atoms with van der Waals surface area (Å²) in [6, 6.07) is 3.30. The van der Waals surface area contributed by atoms with E-state index in [4.69, 9.17) is 0 Å². The van der Waals surface area contributed by atoms with Gasteiger partial charge in [0.15, 0.2) is 11.6 Å². The van der Waals surface area contributed by atoms with E-state index in [-0.39, 0.29) is 6.04 Å². The van der Waals surface area contributed by atoms with E-state index in [1.807, 2.05) is 6.92 Å². The van der Waals surface area contributed by atoms with Crippen LogP contribution in [0.25, 0.3) is 0 Å².